The minimum absolute atomic E-state index is 0.174. The van der Waals surface area contributed by atoms with Gasteiger partial charge in [0.1, 0.15) is 10.8 Å². The maximum Gasteiger partial charge on any atom is 0.206 e. The largest absolute Gasteiger partial charge is 0.354 e. The summed E-state index contributed by atoms with van der Waals surface area (Å²) in [6.07, 6.45) is 0.666. The van der Waals surface area contributed by atoms with Gasteiger partial charge in [0.2, 0.25) is 5.13 Å². The van der Waals surface area contributed by atoms with Crippen LogP contribution in [-0.2, 0) is 6.42 Å². The normalized spacial score (nSPS) is 12.1. The Hall–Kier alpha value is -2.27. The van der Waals surface area contributed by atoms with Crippen molar-refractivity contribution in [3.63, 3.8) is 0 Å². The van der Waals surface area contributed by atoms with Gasteiger partial charge in [-0.2, -0.15) is 0 Å². The first kappa shape index (κ1) is 14.7. The molecule has 3 aromatic rings. The second-order valence-electron chi connectivity index (χ2n) is 5.08. The lowest BCUT2D eigenvalue weighted by atomic mass is 10.1. The van der Waals surface area contributed by atoms with E-state index in [-0.39, 0.29) is 11.9 Å². The first-order chi connectivity index (χ1) is 10.7. The van der Waals surface area contributed by atoms with Crippen LogP contribution < -0.4 is 5.32 Å². The summed E-state index contributed by atoms with van der Waals surface area (Å²) >= 11 is 1.53. The monoisotopic (exact) mass is 313 g/mol. The van der Waals surface area contributed by atoms with Gasteiger partial charge in [0.25, 0.3) is 0 Å². The van der Waals surface area contributed by atoms with E-state index in [1.807, 2.05) is 18.2 Å². The Morgan fingerprint density at radius 2 is 1.77 bits per heavy atom. The summed E-state index contributed by atoms with van der Waals surface area (Å²) in [6.45, 7) is 2.09. The molecule has 1 heterocycles. The highest BCUT2D eigenvalue weighted by Crippen LogP contribution is 2.23. The van der Waals surface area contributed by atoms with Crippen molar-refractivity contribution >= 4 is 16.5 Å². The number of benzene rings is 2. The lowest BCUT2D eigenvalue weighted by molar-refractivity contribution is 0.627. The Morgan fingerprint density at radius 1 is 1.05 bits per heavy atom. The van der Waals surface area contributed by atoms with Gasteiger partial charge in [-0.3, -0.25) is 0 Å². The summed E-state index contributed by atoms with van der Waals surface area (Å²) in [5.74, 6) is -0.222. The quantitative estimate of drug-likeness (QED) is 0.756. The summed E-state index contributed by atoms with van der Waals surface area (Å²) in [7, 11) is 0. The van der Waals surface area contributed by atoms with Gasteiger partial charge >= 0.3 is 0 Å². The van der Waals surface area contributed by atoms with Crippen molar-refractivity contribution in [3.05, 3.63) is 76.5 Å². The van der Waals surface area contributed by atoms with Gasteiger partial charge in [-0.25, -0.2) is 4.39 Å². The highest BCUT2D eigenvalue weighted by Gasteiger charge is 2.09. The van der Waals surface area contributed by atoms with Gasteiger partial charge < -0.3 is 5.32 Å². The van der Waals surface area contributed by atoms with Crippen molar-refractivity contribution in [1.29, 1.82) is 0 Å². The van der Waals surface area contributed by atoms with E-state index < -0.39 is 0 Å². The zero-order chi connectivity index (χ0) is 15.4. The van der Waals surface area contributed by atoms with Crippen LogP contribution in [0.15, 0.2) is 54.6 Å². The third kappa shape index (κ3) is 3.68. The van der Waals surface area contributed by atoms with Crippen molar-refractivity contribution in [3.8, 4) is 0 Å². The molecule has 0 unspecified atom stereocenters. The van der Waals surface area contributed by atoms with Crippen LogP contribution in [0.3, 0.4) is 0 Å². The molecule has 0 aliphatic carbocycles. The minimum Gasteiger partial charge on any atom is -0.354 e. The van der Waals surface area contributed by atoms with Crippen LogP contribution in [0.25, 0.3) is 0 Å². The minimum atomic E-state index is -0.222. The maximum absolute atomic E-state index is 12.9. The molecule has 1 aromatic heterocycles. The van der Waals surface area contributed by atoms with Crippen LogP contribution in [0.1, 0.15) is 29.1 Å². The van der Waals surface area contributed by atoms with Gasteiger partial charge in [0, 0.05) is 6.42 Å². The molecule has 0 amide bonds. The SMILES string of the molecule is C[C@H](Nc1nnc(Cc2ccc(F)cc2)s1)c1ccccc1. The zero-order valence-corrected chi connectivity index (χ0v) is 13.0. The summed E-state index contributed by atoms with van der Waals surface area (Å²) in [5, 5.41) is 13.4. The first-order valence-corrected chi connectivity index (χ1v) is 7.90. The Morgan fingerprint density at radius 3 is 2.50 bits per heavy atom. The highest BCUT2D eigenvalue weighted by atomic mass is 32.1. The number of hydrogen-bond acceptors (Lipinski definition) is 4. The maximum atomic E-state index is 12.9. The number of anilines is 1. The number of rotatable bonds is 5. The smallest absolute Gasteiger partial charge is 0.206 e. The van der Waals surface area contributed by atoms with E-state index in [0.29, 0.717) is 6.42 Å². The van der Waals surface area contributed by atoms with Crippen LogP contribution in [0.4, 0.5) is 9.52 Å². The molecular weight excluding hydrogens is 297 g/mol. The van der Waals surface area contributed by atoms with E-state index in [1.165, 1.54) is 29.0 Å². The first-order valence-electron chi connectivity index (χ1n) is 7.09. The van der Waals surface area contributed by atoms with E-state index in [9.17, 15) is 4.39 Å². The van der Waals surface area contributed by atoms with E-state index >= 15 is 0 Å². The number of hydrogen-bond donors (Lipinski definition) is 1. The van der Waals surface area contributed by atoms with Crippen molar-refractivity contribution in [2.24, 2.45) is 0 Å². The molecule has 0 saturated heterocycles. The summed E-state index contributed by atoms with van der Waals surface area (Å²) in [4.78, 5) is 0. The Labute approximate surface area is 132 Å². The lowest BCUT2D eigenvalue weighted by Crippen LogP contribution is -2.05. The third-order valence-corrected chi connectivity index (χ3v) is 4.23. The molecule has 1 N–H and O–H groups in total. The summed E-state index contributed by atoms with van der Waals surface area (Å²) < 4.78 is 12.9. The van der Waals surface area contributed by atoms with Crippen LogP contribution in [0.2, 0.25) is 0 Å². The molecule has 0 saturated carbocycles. The topological polar surface area (TPSA) is 37.8 Å². The van der Waals surface area contributed by atoms with E-state index in [0.717, 1.165) is 15.7 Å². The third-order valence-electron chi connectivity index (χ3n) is 3.38. The molecule has 2 aromatic carbocycles. The van der Waals surface area contributed by atoms with Crippen molar-refractivity contribution < 1.29 is 4.39 Å². The average molecular weight is 313 g/mol. The molecule has 0 spiro atoms. The number of nitrogens with zero attached hydrogens (tertiary/aromatic N) is 2. The molecule has 3 rings (SSSR count). The molecule has 112 valence electrons. The van der Waals surface area contributed by atoms with Gasteiger partial charge in [-0.05, 0) is 30.2 Å². The zero-order valence-electron chi connectivity index (χ0n) is 12.2. The number of aromatic nitrogens is 2. The molecule has 1 atom stereocenters. The highest BCUT2D eigenvalue weighted by molar-refractivity contribution is 7.15. The molecule has 3 nitrogen and oxygen atoms in total. The second-order valence-corrected chi connectivity index (χ2v) is 6.14. The predicted molar refractivity (Wildman–Crippen MR) is 87.6 cm³/mol. The fraction of sp³-hybridized carbons (Fsp3) is 0.176. The molecule has 0 aliphatic heterocycles. The average Bonchev–Trinajstić information content (AvgIpc) is 2.97. The van der Waals surface area contributed by atoms with Gasteiger partial charge in [0.05, 0.1) is 6.04 Å². The summed E-state index contributed by atoms with van der Waals surface area (Å²) in [6, 6.07) is 16.9. The van der Waals surface area contributed by atoms with Crippen molar-refractivity contribution in [1.82, 2.24) is 10.2 Å². The Bertz CT molecular complexity index is 725. The van der Waals surface area contributed by atoms with Crippen molar-refractivity contribution in [2.75, 3.05) is 5.32 Å². The van der Waals surface area contributed by atoms with Crippen molar-refractivity contribution in [2.45, 2.75) is 19.4 Å². The molecule has 0 aliphatic rings. The molecule has 0 fully saturated rings. The molecular formula is C17H16FN3S. The van der Waals surface area contributed by atoms with E-state index in [1.54, 1.807) is 12.1 Å². The number of halogens is 1. The molecule has 22 heavy (non-hydrogen) atoms. The van der Waals surface area contributed by atoms with Gasteiger partial charge in [-0.15, -0.1) is 10.2 Å². The lowest BCUT2D eigenvalue weighted by Gasteiger charge is -2.12. The second kappa shape index (κ2) is 6.66. The van der Waals surface area contributed by atoms with Crippen LogP contribution >= 0.6 is 11.3 Å². The van der Waals surface area contributed by atoms with Gasteiger partial charge in [-0.1, -0.05) is 53.8 Å². The fourth-order valence-corrected chi connectivity index (χ4v) is 3.03. The summed E-state index contributed by atoms with van der Waals surface area (Å²) in [5.41, 5.74) is 2.23. The van der Waals surface area contributed by atoms with E-state index in [4.69, 9.17) is 0 Å². The molecule has 5 heteroatoms. The van der Waals surface area contributed by atoms with Gasteiger partial charge in [0.15, 0.2) is 0 Å². The fourth-order valence-electron chi connectivity index (χ4n) is 2.17. The number of nitrogens with one attached hydrogen (secondary N) is 1. The van der Waals surface area contributed by atoms with Crippen LogP contribution in [0.5, 0.6) is 0 Å². The predicted octanol–water partition coefficient (Wildman–Crippen LogP) is 4.44. The standard InChI is InChI=1S/C17H16FN3S/c1-12(14-5-3-2-4-6-14)19-17-21-20-16(22-17)11-13-7-9-15(18)10-8-13/h2-10,12H,11H2,1H3,(H,19,21)/t12-/m0/s1. The molecule has 0 bridgehead atoms. The Balaban J connectivity index is 1.65. The Kier molecular flexibility index (Phi) is 4.44. The van der Waals surface area contributed by atoms with Crippen LogP contribution in [-0.4, -0.2) is 10.2 Å². The molecule has 0 radical (unpaired) electrons. The van der Waals surface area contributed by atoms with E-state index in [2.05, 4.69) is 34.6 Å². The van der Waals surface area contributed by atoms with Crippen LogP contribution in [0, 0.1) is 5.82 Å².